The van der Waals surface area contributed by atoms with Crippen LogP contribution in [0.15, 0.2) is 12.2 Å². The molecular weight excluding hydrogens is 166 g/mol. The van der Waals surface area contributed by atoms with Crippen molar-refractivity contribution in [3.05, 3.63) is 12.2 Å². The Labute approximate surface area is 79.8 Å². The summed E-state index contributed by atoms with van der Waals surface area (Å²) in [6.45, 7) is 4.92. The van der Waals surface area contributed by atoms with Crippen LogP contribution in [0.1, 0.15) is 33.1 Å². The molecule has 3 nitrogen and oxygen atoms in total. The first-order valence-corrected chi connectivity index (χ1v) is 4.79. The topological polar surface area (TPSA) is 49.3 Å². The van der Waals surface area contributed by atoms with E-state index in [0.717, 1.165) is 6.42 Å². The molecule has 0 rings (SSSR count). The summed E-state index contributed by atoms with van der Waals surface area (Å²) in [5.41, 5.74) is 0. The minimum atomic E-state index is -0.886. The maximum atomic E-state index is 10.1. The molecule has 0 aliphatic rings. The standard InChI is InChI=1S/C10H19NO2/c1-3-4-6-9(2)11-8-5-7-10(12)13/h5,7,9,11H,3-4,6,8H2,1-2H3,(H,12,13)/b7-5+. The van der Waals surface area contributed by atoms with Gasteiger partial charge < -0.3 is 10.4 Å². The monoisotopic (exact) mass is 185 g/mol. The summed E-state index contributed by atoms with van der Waals surface area (Å²) >= 11 is 0. The SMILES string of the molecule is CCCCC(C)NC/C=C/C(=O)O. The first-order valence-electron chi connectivity index (χ1n) is 4.79. The van der Waals surface area contributed by atoms with E-state index >= 15 is 0 Å². The number of nitrogens with one attached hydrogen (secondary N) is 1. The molecule has 0 aromatic carbocycles. The van der Waals surface area contributed by atoms with Crippen molar-refractivity contribution in [2.45, 2.75) is 39.2 Å². The van der Waals surface area contributed by atoms with Gasteiger partial charge in [0.2, 0.25) is 0 Å². The van der Waals surface area contributed by atoms with E-state index in [9.17, 15) is 4.79 Å². The Bertz CT molecular complexity index is 166. The minimum absolute atomic E-state index is 0.471. The van der Waals surface area contributed by atoms with E-state index in [-0.39, 0.29) is 0 Å². The van der Waals surface area contributed by atoms with Crippen LogP contribution in [0.4, 0.5) is 0 Å². The highest BCUT2D eigenvalue weighted by molar-refractivity contribution is 5.79. The zero-order chi connectivity index (χ0) is 10.1. The van der Waals surface area contributed by atoms with Gasteiger partial charge in [-0.1, -0.05) is 25.8 Å². The second kappa shape index (κ2) is 7.80. The van der Waals surface area contributed by atoms with Crippen LogP contribution in [-0.4, -0.2) is 23.7 Å². The van der Waals surface area contributed by atoms with Crippen LogP contribution in [0.3, 0.4) is 0 Å². The number of unbranched alkanes of at least 4 members (excludes halogenated alkanes) is 1. The summed E-state index contributed by atoms with van der Waals surface area (Å²) in [6, 6.07) is 0.471. The van der Waals surface area contributed by atoms with Crippen molar-refractivity contribution in [2.75, 3.05) is 6.54 Å². The van der Waals surface area contributed by atoms with Crippen LogP contribution in [-0.2, 0) is 4.79 Å². The lowest BCUT2D eigenvalue weighted by Crippen LogP contribution is -2.25. The van der Waals surface area contributed by atoms with Gasteiger partial charge in [0.15, 0.2) is 0 Å². The van der Waals surface area contributed by atoms with Crippen LogP contribution in [0.25, 0.3) is 0 Å². The highest BCUT2D eigenvalue weighted by atomic mass is 16.4. The van der Waals surface area contributed by atoms with E-state index in [1.165, 1.54) is 18.9 Å². The number of carboxylic acids is 1. The molecule has 0 bridgehead atoms. The molecule has 0 aliphatic heterocycles. The molecule has 0 aromatic rings. The molecule has 1 unspecified atom stereocenters. The summed E-state index contributed by atoms with van der Waals surface area (Å²) in [4.78, 5) is 10.1. The lowest BCUT2D eigenvalue weighted by atomic mass is 10.1. The second-order valence-corrected chi connectivity index (χ2v) is 3.19. The molecule has 2 N–H and O–H groups in total. The fourth-order valence-corrected chi connectivity index (χ4v) is 1.04. The van der Waals surface area contributed by atoms with Crippen molar-refractivity contribution in [2.24, 2.45) is 0 Å². The third-order valence-corrected chi connectivity index (χ3v) is 1.84. The van der Waals surface area contributed by atoms with Gasteiger partial charge in [0.1, 0.15) is 0 Å². The molecule has 0 spiro atoms. The van der Waals surface area contributed by atoms with Crippen molar-refractivity contribution < 1.29 is 9.90 Å². The molecule has 0 aromatic heterocycles. The average molecular weight is 185 g/mol. The number of carboxylic acid groups (broad SMARTS) is 1. The first-order chi connectivity index (χ1) is 6.16. The largest absolute Gasteiger partial charge is 0.478 e. The van der Waals surface area contributed by atoms with Gasteiger partial charge in [0, 0.05) is 18.7 Å². The Morgan fingerprint density at radius 2 is 2.31 bits per heavy atom. The smallest absolute Gasteiger partial charge is 0.328 e. The van der Waals surface area contributed by atoms with Gasteiger partial charge in [-0.2, -0.15) is 0 Å². The Hall–Kier alpha value is -0.830. The summed E-state index contributed by atoms with van der Waals surface area (Å²) in [5, 5.41) is 11.5. The van der Waals surface area contributed by atoms with Gasteiger partial charge in [0.05, 0.1) is 0 Å². The molecule has 0 heterocycles. The van der Waals surface area contributed by atoms with E-state index in [0.29, 0.717) is 12.6 Å². The van der Waals surface area contributed by atoms with Crippen LogP contribution < -0.4 is 5.32 Å². The van der Waals surface area contributed by atoms with Gasteiger partial charge in [-0.25, -0.2) is 4.79 Å². The van der Waals surface area contributed by atoms with Gasteiger partial charge in [-0.3, -0.25) is 0 Å². The zero-order valence-electron chi connectivity index (χ0n) is 8.42. The summed E-state index contributed by atoms with van der Waals surface area (Å²) in [7, 11) is 0. The van der Waals surface area contributed by atoms with Crippen LogP contribution in [0.2, 0.25) is 0 Å². The molecule has 0 aliphatic carbocycles. The highest BCUT2D eigenvalue weighted by Crippen LogP contribution is 1.98. The van der Waals surface area contributed by atoms with Crippen molar-refractivity contribution in [3.8, 4) is 0 Å². The zero-order valence-corrected chi connectivity index (χ0v) is 8.42. The quantitative estimate of drug-likeness (QED) is 0.594. The van der Waals surface area contributed by atoms with E-state index in [1.807, 2.05) is 0 Å². The van der Waals surface area contributed by atoms with E-state index in [4.69, 9.17) is 5.11 Å². The molecule has 0 fully saturated rings. The normalized spacial score (nSPS) is 13.4. The van der Waals surface area contributed by atoms with E-state index in [1.54, 1.807) is 6.08 Å². The Kier molecular flexibility index (Phi) is 7.30. The second-order valence-electron chi connectivity index (χ2n) is 3.19. The van der Waals surface area contributed by atoms with Gasteiger partial charge in [0.25, 0.3) is 0 Å². The van der Waals surface area contributed by atoms with Crippen molar-refractivity contribution >= 4 is 5.97 Å². The van der Waals surface area contributed by atoms with Crippen molar-refractivity contribution in [1.82, 2.24) is 5.32 Å². The number of hydrogen-bond donors (Lipinski definition) is 2. The van der Waals surface area contributed by atoms with Gasteiger partial charge in [-0.05, 0) is 13.3 Å². The predicted molar refractivity (Wildman–Crippen MR) is 53.8 cm³/mol. The Morgan fingerprint density at radius 1 is 1.62 bits per heavy atom. The molecular formula is C10H19NO2. The maximum Gasteiger partial charge on any atom is 0.328 e. The third-order valence-electron chi connectivity index (χ3n) is 1.84. The number of carbonyl (C=O) groups is 1. The van der Waals surface area contributed by atoms with E-state index < -0.39 is 5.97 Å². The lowest BCUT2D eigenvalue weighted by Gasteiger charge is -2.10. The fraction of sp³-hybridized carbons (Fsp3) is 0.700. The molecule has 0 saturated carbocycles. The number of rotatable bonds is 7. The first kappa shape index (κ1) is 12.2. The maximum absolute atomic E-state index is 10.1. The van der Waals surface area contributed by atoms with Crippen LogP contribution >= 0.6 is 0 Å². The molecule has 0 amide bonds. The molecule has 0 saturated heterocycles. The molecule has 3 heteroatoms. The van der Waals surface area contributed by atoms with Crippen LogP contribution in [0.5, 0.6) is 0 Å². The average Bonchev–Trinajstić information content (AvgIpc) is 2.08. The number of aliphatic carboxylic acids is 1. The third kappa shape index (κ3) is 9.08. The minimum Gasteiger partial charge on any atom is -0.478 e. The van der Waals surface area contributed by atoms with Gasteiger partial charge >= 0.3 is 5.97 Å². The molecule has 0 radical (unpaired) electrons. The summed E-state index contributed by atoms with van der Waals surface area (Å²) in [5.74, 6) is -0.886. The van der Waals surface area contributed by atoms with Crippen molar-refractivity contribution in [3.63, 3.8) is 0 Å². The summed E-state index contributed by atoms with van der Waals surface area (Å²) in [6.07, 6.45) is 6.37. The van der Waals surface area contributed by atoms with Crippen LogP contribution in [0, 0.1) is 0 Å². The summed E-state index contributed by atoms with van der Waals surface area (Å²) < 4.78 is 0. The fourth-order valence-electron chi connectivity index (χ4n) is 1.04. The number of hydrogen-bond acceptors (Lipinski definition) is 2. The molecule has 1 atom stereocenters. The van der Waals surface area contributed by atoms with Crippen molar-refractivity contribution in [1.29, 1.82) is 0 Å². The molecule has 13 heavy (non-hydrogen) atoms. The Morgan fingerprint density at radius 3 is 2.85 bits per heavy atom. The lowest BCUT2D eigenvalue weighted by molar-refractivity contribution is -0.131. The molecule has 76 valence electrons. The highest BCUT2D eigenvalue weighted by Gasteiger charge is 1.97. The van der Waals surface area contributed by atoms with E-state index in [2.05, 4.69) is 19.2 Å². The Balaban J connectivity index is 3.36. The predicted octanol–water partition coefficient (Wildman–Crippen LogP) is 1.80. The van der Waals surface area contributed by atoms with Gasteiger partial charge in [-0.15, -0.1) is 0 Å².